The predicted molar refractivity (Wildman–Crippen MR) is 93.8 cm³/mol. The molecule has 2 aliphatic heterocycles. The second kappa shape index (κ2) is 7.72. The van der Waals surface area contributed by atoms with Crippen LogP contribution in [0, 0.1) is 5.92 Å². The molecule has 6 nitrogen and oxygen atoms in total. The van der Waals surface area contributed by atoms with Gasteiger partial charge >= 0.3 is 6.03 Å². The first kappa shape index (κ1) is 17.5. The number of likely N-dealkylation sites (tertiary alicyclic amines) is 2. The Morgan fingerprint density at radius 1 is 0.958 bits per heavy atom. The van der Waals surface area contributed by atoms with Crippen molar-refractivity contribution in [3.8, 4) is 0 Å². The first-order chi connectivity index (χ1) is 11.5. The van der Waals surface area contributed by atoms with Gasteiger partial charge in [0.05, 0.1) is 5.92 Å². The molecule has 2 heterocycles. The van der Waals surface area contributed by atoms with Crippen LogP contribution in [0.2, 0.25) is 0 Å². The Kier molecular flexibility index (Phi) is 5.64. The second-order valence-electron chi connectivity index (χ2n) is 7.86. The second-order valence-corrected chi connectivity index (χ2v) is 7.86. The van der Waals surface area contributed by atoms with Gasteiger partial charge in [-0.2, -0.15) is 0 Å². The van der Waals surface area contributed by atoms with Crippen molar-refractivity contribution in [1.29, 1.82) is 0 Å². The van der Waals surface area contributed by atoms with E-state index in [4.69, 9.17) is 0 Å². The van der Waals surface area contributed by atoms with Gasteiger partial charge in [-0.05, 0) is 32.1 Å². The number of nitrogens with zero attached hydrogens (tertiary/aromatic N) is 3. The number of carbonyl (C=O) groups is 2. The van der Waals surface area contributed by atoms with Crippen molar-refractivity contribution >= 4 is 11.9 Å². The summed E-state index contributed by atoms with van der Waals surface area (Å²) >= 11 is 0. The molecule has 0 aromatic rings. The molecule has 3 fully saturated rings. The summed E-state index contributed by atoms with van der Waals surface area (Å²) in [6, 6.07) is 1.10. The Bertz CT molecular complexity index is 454. The third kappa shape index (κ3) is 4.02. The van der Waals surface area contributed by atoms with E-state index in [1.165, 1.54) is 25.7 Å². The summed E-state index contributed by atoms with van der Waals surface area (Å²) in [5.41, 5.74) is 0. The van der Waals surface area contributed by atoms with Gasteiger partial charge in [-0.3, -0.25) is 4.79 Å². The van der Waals surface area contributed by atoms with E-state index in [0.717, 1.165) is 38.4 Å². The van der Waals surface area contributed by atoms with Crippen LogP contribution in [0.25, 0.3) is 0 Å². The van der Waals surface area contributed by atoms with E-state index in [2.05, 4.69) is 10.2 Å². The van der Waals surface area contributed by atoms with E-state index < -0.39 is 0 Å². The molecule has 1 N–H and O–H groups in total. The normalized spacial score (nSPS) is 26.8. The summed E-state index contributed by atoms with van der Waals surface area (Å²) in [7, 11) is 3.56. The quantitative estimate of drug-likeness (QED) is 0.850. The zero-order valence-electron chi connectivity index (χ0n) is 15.2. The number of hydrogen-bond donors (Lipinski definition) is 1. The smallest absolute Gasteiger partial charge is 0.317 e. The van der Waals surface area contributed by atoms with Gasteiger partial charge < -0.3 is 20.0 Å². The summed E-state index contributed by atoms with van der Waals surface area (Å²) in [5.74, 6) is 0.102. The monoisotopic (exact) mass is 336 g/mol. The van der Waals surface area contributed by atoms with Gasteiger partial charge in [-0.15, -0.1) is 0 Å². The highest BCUT2D eigenvalue weighted by Gasteiger charge is 2.33. The summed E-state index contributed by atoms with van der Waals surface area (Å²) in [6.45, 7) is 3.47. The Hall–Kier alpha value is -1.30. The average Bonchev–Trinajstić information content (AvgIpc) is 3.26. The lowest BCUT2D eigenvalue weighted by atomic mass is 10.0. The minimum atomic E-state index is -0.0324. The first-order valence-electron chi connectivity index (χ1n) is 9.55. The van der Waals surface area contributed by atoms with Gasteiger partial charge in [0.1, 0.15) is 0 Å². The molecular weight excluding hydrogens is 304 g/mol. The third-order valence-electron chi connectivity index (χ3n) is 5.96. The Labute approximate surface area is 145 Å². The molecule has 0 aromatic carbocycles. The molecule has 1 atom stereocenters. The number of piperidine rings is 1. The molecule has 1 aliphatic carbocycles. The highest BCUT2D eigenvalue weighted by molar-refractivity contribution is 5.81. The first-order valence-corrected chi connectivity index (χ1v) is 9.55. The van der Waals surface area contributed by atoms with E-state index in [1.807, 2.05) is 4.90 Å². The molecule has 0 spiro atoms. The van der Waals surface area contributed by atoms with Gasteiger partial charge in [-0.1, -0.05) is 12.8 Å². The molecule has 1 unspecified atom stereocenters. The molecule has 136 valence electrons. The molecule has 0 aromatic heterocycles. The fraction of sp³-hybridized carbons (Fsp3) is 0.889. The molecule has 2 saturated heterocycles. The number of amides is 3. The fourth-order valence-corrected chi connectivity index (χ4v) is 4.46. The van der Waals surface area contributed by atoms with Crippen molar-refractivity contribution in [3.63, 3.8) is 0 Å². The van der Waals surface area contributed by atoms with Crippen molar-refractivity contribution in [3.05, 3.63) is 0 Å². The highest BCUT2D eigenvalue weighted by atomic mass is 16.2. The standard InChI is InChI=1S/C18H32N4O2/c1-20(2)17(23)14-7-10-22(13-14)18(24)19-15-8-11-21(12-9-15)16-5-3-4-6-16/h14-16H,3-13H2,1-2H3,(H,19,24). The lowest BCUT2D eigenvalue weighted by Crippen LogP contribution is -2.50. The van der Waals surface area contributed by atoms with E-state index >= 15 is 0 Å². The number of carbonyl (C=O) groups excluding carboxylic acids is 2. The molecule has 0 bridgehead atoms. The van der Waals surface area contributed by atoms with Crippen LogP contribution < -0.4 is 5.32 Å². The Morgan fingerprint density at radius 3 is 2.25 bits per heavy atom. The minimum absolute atomic E-state index is 0.0170. The largest absolute Gasteiger partial charge is 0.349 e. The van der Waals surface area contributed by atoms with Crippen LogP contribution >= 0.6 is 0 Å². The van der Waals surface area contributed by atoms with Crippen molar-refractivity contribution in [2.75, 3.05) is 40.3 Å². The third-order valence-corrected chi connectivity index (χ3v) is 5.96. The molecule has 6 heteroatoms. The Balaban J connectivity index is 1.41. The molecule has 1 saturated carbocycles. The summed E-state index contributed by atoms with van der Waals surface area (Å²) in [4.78, 5) is 30.6. The molecular formula is C18H32N4O2. The topological polar surface area (TPSA) is 55.9 Å². The van der Waals surface area contributed by atoms with E-state index in [-0.39, 0.29) is 17.9 Å². The summed E-state index contributed by atoms with van der Waals surface area (Å²) < 4.78 is 0. The molecule has 24 heavy (non-hydrogen) atoms. The number of nitrogens with one attached hydrogen (secondary N) is 1. The number of rotatable bonds is 3. The maximum absolute atomic E-state index is 12.5. The van der Waals surface area contributed by atoms with Crippen molar-refractivity contribution in [2.45, 2.75) is 57.0 Å². The zero-order valence-corrected chi connectivity index (χ0v) is 15.2. The van der Waals surface area contributed by atoms with Crippen molar-refractivity contribution < 1.29 is 9.59 Å². The SMILES string of the molecule is CN(C)C(=O)C1CCN(C(=O)NC2CCN(C3CCCC3)CC2)C1. The van der Waals surface area contributed by atoms with Crippen LogP contribution in [0.3, 0.4) is 0 Å². The molecule has 3 aliphatic rings. The van der Waals surface area contributed by atoms with Crippen LogP contribution in [0.5, 0.6) is 0 Å². The van der Waals surface area contributed by atoms with Gasteiger partial charge in [0.25, 0.3) is 0 Å². The van der Waals surface area contributed by atoms with E-state index in [9.17, 15) is 9.59 Å². The number of urea groups is 1. The van der Waals surface area contributed by atoms with E-state index in [1.54, 1.807) is 19.0 Å². The zero-order chi connectivity index (χ0) is 17.1. The fourth-order valence-electron chi connectivity index (χ4n) is 4.46. The maximum atomic E-state index is 12.5. The minimum Gasteiger partial charge on any atom is -0.349 e. The van der Waals surface area contributed by atoms with E-state index in [0.29, 0.717) is 19.1 Å². The maximum Gasteiger partial charge on any atom is 0.317 e. The highest BCUT2D eigenvalue weighted by Crippen LogP contribution is 2.26. The van der Waals surface area contributed by atoms with Crippen LogP contribution in [-0.4, -0.2) is 79.0 Å². The predicted octanol–water partition coefficient (Wildman–Crippen LogP) is 1.51. The van der Waals surface area contributed by atoms with Gasteiger partial charge in [0, 0.05) is 52.4 Å². The summed E-state index contributed by atoms with van der Waals surface area (Å²) in [6.07, 6.45) is 8.35. The Morgan fingerprint density at radius 2 is 1.62 bits per heavy atom. The van der Waals surface area contributed by atoms with Gasteiger partial charge in [0.2, 0.25) is 5.91 Å². The molecule has 0 radical (unpaired) electrons. The lowest BCUT2D eigenvalue weighted by molar-refractivity contribution is -0.132. The van der Waals surface area contributed by atoms with Crippen LogP contribution in [0.4, 0.5) is 4.79 Å². The van der Waals surface area contributed by atoms with Crippen molar-refractivity contribution in [1.82, 2.24) is 20.0 Å². The van der Waals surface area contributed by atoms with Crippen LogP contribution in [0.1, 0.15) is 44.9 Å². The lowest BCUT2D eigenvalue weighted by Gasteiger charge is -2.36. The van der Waals surface area contributed by atoms with Gasteiger partial charge in [0.15, 0.2) is 0 Å². The van der Waals surface area contributed by atoms with Crippen LogP contribution in [-0.2, 0) is 4.79 Å². The van der Waals surface area contributed by atoms with Gasteiger partial charge in [-0.25, -0.2) is 4.79 Å². The molecule has 3 amide bonds. The van der Waals surface area contributed by atoms with Crippen LogP contribution in [0.15, 0.2) is 0 Å². The molecule has 3 rings (SSSR count). The summed E-state index contributed by atoms with van der Waals surface area (Å²) in [5, 5.41) is 3.20. The number of hydrogen-bond acceptors (Lipinski definition) is 3. The average molecular weight is 336 g/mol. The van der Waals surface area contributed by atoms with Crippen molar-refractivity contribution in [2.24, 2.45) is 5.92 Å².